The number of aliphatic hydroxyl groups is 1. The fourth-order valence-electron chi connectivity index (χ4n) is 5.93. The van der Waals surface area contributed by atoms with Gasteiger partial charge in [0.25, 0.3) is 5.91 Å². The highest BCUT2D eigenvalue weighted by atomic mass is 35.5. The number of nitrogens with one attached hydrogen (secondary N) is 1. The van der Waals surface area contributed by atoms with Crippen LogP contribution in [-0.4, -0.2) is 44.4 Å². The van der Waals surface area contributed by atoms with E-state index in [9.17, 15) is 18.3 Å². The highest BCUT2D eigenvalue weighted by Gasteiger charge is 2.47. The molecule has 2 aromatic rings. The van der Waals surface area contributed by atoms with Crippen molar-refractivity contribution in [3.05, 3.63) is 70.3 Å². The molecule has 0 saturated heterocycles. The minimum Gasteiger partial charge on any atom is -0.487 e. The molecule has 2 N–H and O–H groups in total. The van der Waals surface area contributed by atoms with Gasteiger partial charge in [-0.1, -0.05) is 36.7 Å². The van der Waals surface area contributed by atoms with E-state index in [-0.39, 0.29) is 22.6 Å². The first-order chi connectivity index (χ1) is 18.6. The van der Waals surface area contributed by atoms with Crippen molar-refractivity contribution in [1.29, 1.82) is 0 Å². The van der Waals surface area contributed by atoms with Crippen LogP contribution in [-0.2, 0) is 23.1 Å². The van der Waals surface area contributed by atoms with Crippen LogP contribution in [0.5, 0.6) is 5.75 Å². The van der Waals surface area contributed by atoms with Crippen molar-refractivity contribution < 1.29 is 23.1 Å². The number of anilines is 1. The van der Waals surface area contributed by atoms with Crippen molar-refractivity contribution >= 4 is 33.2 Å². The minimum absolute atomic E-state index is 0.164. The molecule has 0 spiro atoms. The van der Waals surface area contributed by atoms with Gasteiger partial charge in [0.15, 0.2) is 0 Å². The Labute approximate surface area is 236 Å². The standard InChI is InChI=1S/C30H37ClN2O5S/c1-30-14-13-24(30)19-33-15-5-4-7-21-17-25(31)11-9-23(21)20-38-27-12-10-22(18-26(27)33)29(35)32-39(36,37)16-6-2-3-8-28(30)34/h3,8-12,17-18,24,28,34H,2,4-7,13-16,19-20H2,1H3,(H,32,35)/b8-3+/t24-,28+,30-/m0/s1. The van der Waals surface area contributed by atoms with Crippen molar-refractivity contribution in [1.82, 2.24) is 4.72 Å². The number of aliphatic hydroxyl groups excluding tert-OH is 1. The molecular formula is C30H37ClN2O5S. The Kier molecular flexibility index (Phi) is 8.26. The van der Waals surface area contributed by atoms with Gasteiger partial charge in [-0.2, -0.15) is 0 Å². The Bertz CT molecular complexity index is 1360. The van der Waals surface area contributed by atoms with Gasteiger partial charge in [-0.3, -0.25) is 4.79 Å². The molecular weight excluding hydrogens is 536 g/mol. The van der Waals surface area contributed by atoms with E-state index in [1.54, 1.807) is 18.2 Å². The normalized spacial score (nSPS) is 28.4. The molecule has 1 aliphatic carbocycles. The predicted molar refractivity (Wildman–Crippen MR) is 154 cm³/mol. The number of sulfonamides is 1. The lowest BCUT2D eigenvalue weighted by atomic mass is 9.58. The summed E-state index contributed by atoms with van der Waals surface area (Å²) >= 11 is 6.29. The van der Waals surface area contributed by atoms with Gasteiger partial charge in [0.05, 0.1) is 17.5 Å². The number of benzene rings is 2. The summed E-state index contributed by atoms with van der Waals surface area (Å²) in [6.45, 7) is 3.95. The summed E-state index contributed by atoms with van der Waals surface area (Å²) in [6, 6.07) is 11.0. The van der Waals surface area contributed by atoms with Gasteiger partial charge in [0, 0.05) is 29.1 Å². The summed E-state index contributed by atoms with van der Waals surface area (Å²) < 4.78 is 33.8. The summed E-state index contributed by atoms with van der Waals surface area (Å²) in [7, 11) is -3.79. The number of aryl methyl sites for hydroxylation is 1. The molecule has 9 heteroatoms. The van der Waals surface area contributed by atoms with Crippen LogP contribution in [0.2, 0.25) is 5.02 Å². The highest BCUT2D eigenvalue weighted by Crippen LogP contribution is 2.50. The Hall–Kier alpha value is -2.55. The molecule has 210 valence electrons. The van der Waals surface area contributed by atoms with Crippen LogP contribution >= 0.6 is 11.6 Å². The lowest BCUT2D eigenvalue weighted by Crippen LogP contribution is -2.51. The van der Waals surface area contributed by atoms with Gasteiger partial charge in [-0.15, -0.1) is 0 Å². The van der Waals surface area contributed by atoms with Gasteiger partial charge in [-0.25, -0.2) is 13.1 Å². The maximum Gasteiger partial charge on any atom is 0.264 e. The fraction of sp³-hybridized carbons (Fsp3) is 0.500. The molecule has 0 radical (unpaired) electrons. The molecule has 1 saturated carbocycles. The summed E-state index contributed by atoms with van der Waals surface area (Å²) in [5.74, 6) is 0.0955. The lowest BCUT2D eigenvalue weighted by molar-refractivity contribution is -0.0466. The average Bonchev–Trinajstić information content (AvgIpc) is 2.92. The van der Waals surface area contributed by atoms with E-state index in [2.05, 4.69) is 16.5 Å². The van der Waals surface area contributed by atoms with Gasteiger partial charge in [0.2, 0.25) is 10.0 Å². The van der Waals surface area contributed by atoms with Gasteiger partial charge in [0.1, 0.15) is 12.4 Å². The maximum absolute atomic E-state index is 13.1. The quantitative estimate of drug-likeness (QED) is 0.419. The molecule has 2 bridgehead atoms. The molecule has 1 amide bonds. The minimum atomic E-state index is -3.79. The number of carbonyl (C=O) groups is 1. The number of rotatable bonds is 0. The van der Waals surface area contributed by atoms with Gasteiger partial charge in [-0.05, 0) is 92.3 Å². The highest BCUT2D eigenvalue weighted by molar-refractivity contribution is 7.90. The number of halogens is 1. The average molecular weight is 573 g/mol. The van der Waals surface area contributed by atoms with Gasteiger partial charge >= 0.3 is 0 Å². The van der Waals surface area contributed by atoms with Crippen molar-refractivity contribution in [2.45, 2.75) is 64.6 Å². The molecule has 3 atom stereocenters. The number of hydrogen-bond acceptors (Lipinski definition) is 6. The number of carbonyl (C=O) groups excluding carboxylic acids is 1. The molecule has 3 aliphatic rings. The summed E-state index contributed by atoms with van der Waals surface area (Å²) in [5, 5.41) is 11.8. The zero-order valence-electron chi connectivity index (χ0n) is 22.4. The van der Waals surface area contributed by atoms with Crippen LogP contribution in [0.15, 0.2) is 48.6 Å². The van der Waals surface area contributed by atoms with Crippen LogP contribution in [0.4, 0.5) is 5.69 Å². The number of ether oxygens (including phenoxy) is 1. The molecule has 7 nitrogen and oxygen atoms in total. The van der Waals surface area contributed by atoms with Crippen LogP contribution < -0.4 is 14.4 Å². The fourth-order valence-corrected chi connectivity index (χ4v) is 7.17. The van der Waals surface area contributed by atoms with Crippen molar-refractivity contribution in [2.75, 3.05) is 23.7 Å². The molecule has 2 aromatic carbocycles. The molecule has 0 unspecified atom stereocenters. The van der Waals surface area contributed by atoms with E-state index in [1.807, 2.05) is 30.4 Å². The lowest BCUT2D eigenvalue weighted by Gasteiger charge is -2.51. The summed E-state index contributed by atoms with van der Waals surface area (Å²) in [4.78, 5) is 15.3. The number of nitrogens with zero attached hydrogens (tertiary/aromatic N) is 1. The SMILES string of the molecule is C[C@]12CC[C@H]1CN1CCCCc3cc(Cl)ccc3COc3ccc(cc31)C(=O)NS(=O)(=O)CCC/C=C/[C@H]2O. The Morgan fingerprint density at radius 3 is 2.77 bits per heavy atom. The second-order valence-corrected chi connectivity index (χ2v) is 13.6. The first-order valence-electron chi connectivity index (χ1n) is 13.8. The van der Waals surface area contributed by atoms with Crippen LogP contribution in [0.25, 0.3) is 0 Å². The number of allylic oxidation sites excluding steroid dienone is 1. The second-order valence-electron chi connectivity index (χ2n) is 11.3. The third kappa shape index (κ3) is 6.28. The molecule has 39 heavy (non-hydrogen) atoms. The van der Waals surface area contributed by atoms with E-state index in [0.717, 1.165) is 49.9 Å². The first kappa shape index (κ1) is 28.0. The second kappa shape index (κ2) is 11.5. The zero-order chi connectivity index (χ0) is 27.6. The Balaban J connectivity index is 1.54. The largest absolute Gasteiger partial charge is 0.487 e. The topological polar surface area (TPSA) is 95.9 Å². The van der Waals surface area contributed by atoms with E-state index in [1.165, 1.54) is 5.56 Å². The molecule has 1 fully saturated rings. The van der Waals surface area contributed by atoms with E-state index < -0.39 is 22.0 Å². The van der Waals surface area contributed by atoms with Crippen LogP contribution in [0.1, 0.15) is 66.9 Å². The Morgan fingerprint density at radius 2 is 1.97 bits per heavy atom. The molecule has 0 aromatic heterocycles. The predicted octanol–water partition coefficient (Wildman–Crippen LogP) is 5.25. The van der Waals surface area contributed by atoms with E-state index >= 15 is 0 Å². The van der Waals surface area contributed by atoms with E-state index in [0.29, 0.717) is 36.8 Å². The van der Waals surface area contributed by atoms with E-state index in [4.69, 9.17) is 16.3 Å². The maximum atomic E-state index is 13.1. The third-order valence-corrected chi connectivity index (χ3v) is 10.2. The third-order valence-electron chi connectivity index (χ3n) is 8.67. The number of fused-ring (bicyclic) bond motifs is 3. The number of amides is 1. The van der Waals surface area contributed by atoms with Crippen molar-refractivity contribution in [3.63, 3.8) is 0 Å². The van der Waals surface area contributed by atoms with Gasteiger partial charge < -0.3 is 14.7 Å². The summed E-state index contributed by atoms with van der Waals surface area (Å²) in [5.41, 5.74) is 3.02. The molecule has 2 heterocycles. The zero-order valence-corrected chi connectivity index (χ0v) is 23.9. The number of hydrogen-bond donors (Lipinski definition) is 2. The molecule has 5 rings (SSSR count). The summed E-state index contributed by atoms with van der Waals surface area (Å²) in [6.07, 6.45) is 8.66. The monoisotopic (exact) mass is 572 g/mol. The van der Waals surface area contributed by atoms with Crippen molar-refractivity contribution in [2.24, 2.45) is 11.3 Å². The first-order valence-corrected chi connectivity index (χ1v) is 15.9. The van der Waals surface area contributed by atoms with Crippen LogP contribution in [0.3, 0.4) is 0 Å². The van der Waals surface area contributed by atoms with Crippen LogP contribution in [0, 0.1) is 11.3 Å². The smallest absolute Gasteiger partial charge is 0.264 e. The molecule has 2 aliphatic heterocycles. The van der Waals surface area contributed by atoms with Crippen molar-refractivity contribution in [3.8, 4) is 5.75 Å². The Morgan fingerprint density at radius 1 is 1.13 bits per heavy atom.